The number of nitrogens with zero attached hydrogens (tertiary/aromatic N) is 2. The van der Waals surface area contributed by atoms with Crippen molar-refractivity contribution in [3.63, 3.8) is 0 Å². The number of Topliss-reactive ketones (excluding diaryl/α,β-unsaturated/α-hetero) is 1. The molecule has 6 nitrogen and oxygen atoms in total. The van der Waals surface area contributed by atoms with Crippen LogP contribution in [-0.4, -0.2) is 29.6 Å². The number of hydrogen-bond acceptors (Lipinski definition) is 6. The number of benzene rings is 2. The van der Waals surface area contributed by atoms with Crippen LogP contribution in [0.25, 0.3) is 11.4 Å². The molecule has 9 heteroatoms. The minimum Gasteiger partial charge on any atom is -0.497 e. The molecule has 0 aliphatic rings. The van der Waals surface area contributed by atoms with Crippen molar-refractivity contribution in [2.24, 2.45) is 0 Å². The lowest BCUT2D eigenvalue weighted by Crippen LogP contribution is -2.09. The number of alkyl halides is 3. The van der Waals surface area contributed by atoms with Gasteiger partial charge in [-0.1, -0.05) is 41.6 Å². The summed E-state index contributed by atoms with van der Waals surface area (Å²) in [5, 5.41) is -0.280. The molecule has 1 heterocycles. The zero-order chi connectivity index (χ0) is 20.1. The highest BCUT2D eigenvalue weighted by Crippen LogP contribution is 2.32. The molecule has 2 aromatic carbocycles. The van der Waals surface area contributed by atoms with Crippen molar-refractivity contribution in [2.75, 3.05) is 13.7 Å². The fourth-order valence-electron chi connectivity index (χ4n) is 2.33. The van der Waals surface area contributed by atoms with E-state index in [0.29, 0.717) is 11.1 Å². The molecule has 3 aromatic rings. The first-order valence-corrected chi connectivity index (χ1v) is 8.50. The van der Waals surface area contributed by atoms with Crippen molar-refractivity contribution in [3.8, 4) is 17.1 Å². The Labute approximate surface area is 164 Å². The van der Waals surface area contributed by atoms with Gasteiger partial charge in [-0.25, -0.2) is 0 Å². The highest BCUT2D eigenvalue weighted by atomic mass is 35.5. The molecule has 0 fully saturated rings. The zero-order valence-electron chi connectivity index (χ0n) is 14.7. The van der Waals surface area contributed by atoms with Crippen LogP contribution in [0.4, 0.5) is 8.78 Å². The zero-order valence-corrected chi connectivity index (χ0v) is 15.5. The molecule has 3 rings (SSSR count). The lowest BCUT2D eigenvalue weighted by Gasteiger charge is -2.06. The van der Waals surface area contributed by atoms with Crippen LogP contribution in [0.3, 0.4) is 0 Å². The van der Waals surface area contributed by atoms with Gasteiger partial charge in [0.05, 0.1) is 13.7 Å². The Kier molecular flexibility index (Phi) is 6.01. The first kappa shape index (κ1) is 19.9. The quantitative estimate of drug-likeness (QED) is 0.405. The van der Waals surface area contributed by atoms with E-state index in [1.165, 1.54) is 24.3 Å². The Hall–Kier alpha value is -2.84. The summed E-state index contributed by atoms with van der Waals surface area (Å²) in [6.07, 6.45) is 0. The van der Waals surface area contributed by atoms with Crippen molar-refractivity contribution >= 4 is 17.4 Å². The summed E-state index contributed by atoms with van der Waals surface area (Å²) in [4.78, 5) is 15.8. The van der Waals surface area contributed by atoms with Gasteiger partial charge in [-0.15, -0.1) is 0 Å². The number of ether oxygens (including phenoxy) is 2. The Morgan fingerprint density at radius 1 is 1.14 bits per heavy atom. The summed E-state index contributed by atoms with van der Waals surface area (Å²) in [6, 6.07) is 13.4. The van der Waals surface area contributed by atoms with E-state index in [4.69, 9.17) is 21.1 Å². The van der Waals surface area contributed by atoms with Crippen LogP contribution >= 0.6 is 11.6 Å². The van der Waals surface area contributed by atoms with Crippen LogP contribution in [0.1, 0.15) is 21.8 Å². The predicted molar refractivity (Wildman–Crippen MR) is 96.5 cm³/mol. The maximum atomic E-state index is 12.9. The highest BCUT2D eigenvalue weighted by Gasteiger charge is 2.35. The molecule has 0 saturated heterocycles. The van der Waals surface area contributed by atoms with Crippen LogP contribution < -0.4 is 4.74 Å². The number of hydrogen-bond donors (Lipinski definition) is 0. The summed E-state index contributed by atoms with van der Waals surface area (Å²) in [5.74, 6) is -0.522. The van der Waals surface area contributed by atoms with E-state index < -0.39 is 11.3 Å². The molecule has 0 atom stereocenters. The van der Waals surface area contributed by atoms with Gasteiger partial charge in [0.1, 0.15) is 12.4 Å². The number of carbonyl (C=O) groups is 1. The van der Waals surface area contributed by atoms with Gasteiger partial charge in [-0.2, -0.15) is 13.8 Å². The van der Waals surface area contributed by atoms with E-state index in [1.807, 2.05) is 24.3 Å². The standard InChI is InChI=1S/C19H15ClF2N2O4/c1-26-15-8-2-12(3-9-15)10-27-11-16(25)13-4-6-14(7-5-13)17-23-18(28-24-17)19(20,21)22/h2-9H,10-11H2,1H3. The number of carbonyl (C=O) groups excluding carboxylic acids is 1. The molecule has 0 aliphatic carbocycles. The molecule has 0 spiro atoms. The van der Waals surface area contributed by atoms with Crippen molar-refractivity contribution in [1.29, 1.82) is 0 Å². The summed E-state index contributed by atoms with van der Waals surface area (Å²) >= 11 is 4.84. The van der Waals surface area contributed by atoms with Crippen molar-refractivity contribution < 1.29 is 27.6 Å². The maximum Gasteiger partial charge on any atom is 0.400 e. The molecule has 0 amide bonds. The van der Waals surface area contributed by atoms with Crippen molar-refractivity contribution in [2.45, 2.75) is 12.0 Å². The third-order valence-corrected chi connectivity index (χ3v) is 3.96. The van der Waals surface area contributed by atoms with Gasteiger partial charge in [0.25, 0.3) is 0 Å². The summed E-state index contributed by atoms with van der Waals surface area (Å²) in [6.45, 7) is 0.183. The number of ketones is 1. The van der Waals surface area contributed by atoms with E-state index >= 15 is 0 Å². The molecule has 0 radical (unpaired) electrons. The second kappa shape index (κ2) is 8.45. The Morgan fingerprint density at radius 2 is 1.82 bits per heavy atom. The first-order chi connectivity index (χ1) is 13.4. The Morgan fingerprint density at radius 3 is 2.39 bits per heavy atom. The third kappa shape index (κ3) is 4.90. The van der Waals surface area contributed by atoms with Crippen LogP contribution in [-0.2, 0) is 16.7 Å². The van der Waals surface area contributed by atoms with E-state index in [0.717, 1.165) is 11.3 Å². The summed E-state index contributed by atoms with van der Waals surface area (Å²) < 4.78 is 40.8. The largest absolute Gasteiger partial charge is 0.497 e. The predicted octanol–water partition coefficient (Wildman–Crippen LogP) is 4.43. The minimum absolute atomic E-state index is 0.0509. The van der Waals surface area contributed by atoms with E-state index in [2.05, 4.69) is 14.7 Å². The Balaban J connectivity index is 1.56. The lowest BCUT2D eigenvalue weighted by atomic mass is 10.1. The summed E-state index contributed by atoms with van der Waals surface area (Å²) in [5.41, 5.74) is 1.73. The first-order valence-electron chi connectivity index (χ1n) is 8.12. The van der Waals surface area contributed by atoms with E-state index in [1.54, 1.807) is 7.11 Å². The fourth-order valence-corrected chi connectivity index (χ4v) is 2.40. The lowest BCUT2D eigenvalue weighted by molar-refractivity contribution is 0.0551. The molecule has 0 unspecified atom stereocenters. The average Bonchev–Trinajstić information content (AvgIpc) is 3.19. The van der Waals surface area contributed by atoms with Gasteiger partial charge >= 0.3 is 11.3 Å². The van der Waals surface area contributed by atoms with Crippen LogP contribution in [0.15, 0.2) is 53.1 Å². The number of methoxy groups -OCH3 is 1. The molecule has 28 heavy (non-hydrogen) atoms. The van der Waals surface area contributed by atoms with Gasteiger partial charge in [0, 0.05) is 11.1 Å². The highest BCUT2D eigenvalue weighted by molar-refractivity contribution is 6.21. The molecule has 0 N–H and O–H groups in total. The van der Waals surface area contributed by atoms with Gasteiger partial charge in [-0.3, -0.25) is 4.79 Å². The minimum atomic E-state index is -3.73. The van der Waals surface area contributed by atoms with Gasteiger partial charge in [-0.05, 0) is 29.3 Å². The molecule has 0 aliphatic heterocycles. The van der Waals surface area contributed by atoms with Gasteiger partial charge in [0.2, 0.25) is 5.82 Å². The second-order valence-electron chi connectivity index (χ2n) is 5.76. The van der Waals surface area contributed by atoms with Crippen LogP contribution in [0.5, 0.6) is 5.75 Å². The van der Waals surface area contributed by atoms with Gasteiger partial charge < -0.3 is 14.0 Å². The van der Waals surface area contributed by atoms with Crippen molar-refractivity contribution in [3.05, 3.63) is 65.5 Å². The monoisotopic (exact) mass is 408 g/mol. The van der Waals surface area contributed by atoms with Crippen LogP contribution in [0.2, 0.25) is 0 Å². The molecule has 1 aromatic heterocycles. The maximum absolute atomic E-state index is 12.9. The molecular weight excluding hydrogens is 394 g/mol. The number of aromatic nitrogens is 2. The van der Waals surface area contributed by atoms with E-state index in [-0.39, 0.29) is 24.8 Å². The molecular formula is C19H15ClF2N2O4. The third-order valence-electron chi connectivity index (χ3n) is 3.79. The van der Waals surface area contributed by atoms with Gasteiger partial charge in [0.15, 0.2) is 5.78 Å². The number of halogens is 3. The van der Waals surface area contributed by atoms with Crippen molar-refractivity contribution in [1.82, 2.24) is 10.1 Å². The number of rotatable bonds is 8. The molecule has 146 valence electrons. The smallest absolute Gasteiger partial charge is 0.400 e. The normalized spacial score (nSPS) is 11.4. The molecule has 0 saturated carbocycles. The van der Waals surface area contributed by atoms with Crippen LogP contribution in [0, 0.1) is 0 Å². The van der Waals surface area contributed by atoms with E-state index in [9.17, 15) is 13.6 Å². The average molecular weight is 409 g/mol. The topological polar surface area (TPSA) is 74.5 Å². The second-order valence-corrected chi connectivity index (χ2v) is 6.24. The SMILES string of the molecule is COc1ccc(COCC(=O)c2ccc(-c3noc(C(F)(F)Cl)n3)cc2)cc1. The molecule has 0 bridgehead atoms. The fraction of sp³-hybridized carbons (Fsp3) is 0.211. The Bertz CT molecular complexity index is 938. The summed E-state index contributed by atoms with van der Waals surface area (Å²) in [7, 11) is 1.58.